The van der Waals surface area contributed by atoms with Crippen molar-refractivity contribution in [2.75, 3.05) is 6.54 Å². The lowest BCUT2D eigenvalue weighted by molar-refractivity contribution is 0.0959. The maximum absolute atomic E-state index is 12.0. The molecule has 0 aliphatic rings. The summed E-state index contributed by atoms with van der Waals surface area (Å²) in [5.41, 5.74) is 1.75. The number of aromatic nitrogens is 1. The van der Waals surface area contributed by atoms with Crippen molar-refractivity contribution < 1.29 is 4.79 Å². The molecule has 2 aromatic rings. The van der Waals surface area contributed by atoms with Crippen molar-refractivity contribution in [1.29, 1.82) is 0 Å². The molecule has 1 aromatic heterocycles. The molecular weight excluding hydrogens is 228 g/mol. The summed E-state index contributed by atoms with van der Waals surface area (Å²) in [5.74, 6) is -0.267. The number of aryl methyl sites for hydroxylation is 1. The minimum atomic E-state index is -0.277. The number of aromatic amines is 1. The van der Waals surface area contributed by atoms with Gasteiger partial charge in [0.2, 0.25) is 5.56 Å². The van der Waals surface area contributed by atoms with Gasteiger partial charge < -0.3 is 10.3 Å². The monoisotopic (exact) mass is 242 g/mol. The lowest BCUT2D eigenvalue weighted by atomic mass is 10.1. The molecule has 1 aromatic carbocycles. The molecule has 1 heterocycles. The number of benzene rings is 1. The lowest BCUT2D eigenvalue weighted by Gasteiger charge is -2.07. The van der Waals surface area contributed by atoms with Gasteiger partial charge in [0.05, 0.1) is 11.1 Å². The first-order valence-corrected chi connectivity index (χ1v) is 5.65. The highest BCUT2D eigenvalue weighted by atomic mass is 16.2. The Kier molecular flexibility index (Phi) is 3.28. The van der Waals surface area contributed by atoms with E-state index < -0.39 is 0 Å². The Hall–Kier alpha value is -2.36. The van der Waals surface area contributed by atoms with Gasteiger partial charge in [0.25, 0.3) is 5.91 Å². The lowest BCUT2D eigenvalue weighted by Crippen LogP contribution is -2.25. The SMILES string of the molecule is C=CCNC(=O)c1cc(=O)[nH]c2c(C)cccc12. The molecule has 0 fully saturated rings. The first-order valence-electron chi connectivity index (χ1n) is 5.65. The third kappa shape index (κ3) is 2.18. The van der Waals surface area contributed by atoms with Gasteiger partial charge in [-0.2, -0.15) is 0 Å². The largest absolute Gasteiger partial charge is 0.349 e. The Bertz CT molecular complexity index is 671. The van der Waals surface area contributed by atoms with E-state index in [0.29, 0.717) is 17.6 Å². The van der Waals surface area contributed by atoms with Crippen molar-refractivity contribution in [3.8, 4) is 0 Å². The van der Waals surface area contributed by atoms with Crippen molar-refractivity contribution >= 4 is 16.8 Å². The second-order valence-corrected chi connectivity index (χ2v) is 4.04. The van der Waals surface area contributed by atoms with Gasteiger partial charge in [0, 0.05) is 18.0 Å². The molecule has 2 N–H and O–H groups in total. The van der Waals surface area contributed by atoms with Crippen molar-refractivity contribution in [2.45, 2.75) is 6.92 Å². The average Bonchev–Trinajstić information content (AvgIpc) is 2.36. The maximum Gasteiger partial charge on any atom is 0.252 e. The number of fused-ring (bicyclic) bond motifs is 1. The number of amides is 1. The van der Waals surface area contributed by atoms with Gasteiger partial charge in [0.1, 0.15) is 0 Å². The van der Waals surface area contributed by atoms with E-state index in [1.54, 1.807) is 6.08 Å². The van der Waals surface area contributed by atoms with Crippen LogP contribution in [0, 0.1) is 6.92 Å². The molecule has 0 atom stereocenters. The second kappa shape index (κ2) is 4.87. The zero-order valence-corrected chi connectivity index (χ0v) is 10.1. The van der Waals surface area contributed by atoms with Gasteiger partial charge >= 0.3 is 0 Å². The van der Waals surface area contributed by atoms with E-state index in [0.717, 1.165) is 10.9 Å². The number of pyridine rings is 1. The number of hydrogen-bond donors (Lipinski definition) is 2. The van der Waals surface area contributed by atoms with Crippen LogP contribution < -0.4 is 10.9 Å². The van der Waals surface area contributed by atoms with E-state index in [1.807, 2.05) is 25.1 Å². The summed E-state index contributed by atoms with van der Waals surface area (Å²) in [4.78, 5) is 26.3. The maximum atomic E-state index is 12.0. The Morgan fingerprint density at radius 2 is 2.28 bits per heavy atom. The molecule has 0 aliphatic carbocycles. The fraction of sp³-hybridized carbons (Fsp3) is 0.143. The summed E-state index contributed by atoms with van der Waals surface area (Å²) in [6.07, 6.45) is 1.60. The zero-order chi connectivity index (χ0) is 13.1. The molecule has 0 saturated heterocycles. The van der Waals surface area contributed by atoms with Gasteiger partial charge in [-0.15, -0.1) is 6.58 Å². The van der Waals surface area contributed by atoms with Gasteiger partial charge in [-0.25, -0.2) is 0 Å². The summed E-state index contributed by atoms with van der Waals surface area (Å²) in [6, 6.07) is 6.89. The van der Waals surface area contributed by atoms with Crippen LogP contribution >= 0.6 is 0 Å². The molecule has 4 nitrogen and oxygen atoms in total. The van der Waals surface area contributed by atoms with Crippen LogP contribution in [0.25, 0.3) is 10.9 Å². The van der Waals surface area contributed by atoms with Crippen molar-refractivity contribution in [3.05, 3.63) is 58.4 Å². The van der Waals surface area contributed by atoms with Crippen LogP contribution in [0.3, 0.4) is 0 Å². The quantitative estimate of drug-likeness (QED) is 0.805. The Labute approximate surface area is 104 Å². The number of H-pyrrole nitrogens is 1. The van der Waals surface area contributed by atoms with Gasteiger partial charge in [-0.1, -0.05) is 24.3 Å². The third-order valence-electron chi connectivity index (χ3n) is 2.74. The Morgan fingerprint density at radius 3 is 3.00 bits per heavy atom. The highest BCUT2D eigenvalue weighted by Crippen LogP contribution is 2.18. The van der Waals surface area contributed by atoms with E-state index in [1.165, 1.54) is 6.07 Å². The van der Waals surface area contributed by atoms with E-state index in [4.69, 9.17) is 0 Å². The summed E-state index contributed by atoms with van der Waals surface area (Å²) < 4.78 is 0. The fourth-order valence-corrected chi connectivity index (χ4v) is 1.87. The highest BCUT2D eigenvalue weighted by Gasteiger charge is 2.11. The van der Waals surface area contributed by atoms with Crippen LogP contribution in [0.5, 0.6) is 0 Å². The van der Waals surface area contributed by atoms with Crippen LogP contribution in [0.1, 0.15) is 15.9 Å². The Balaban J connectivity index is 2.63. The molecule has 0 saturated carbocycles. The van der Waals surface area contributed by atoms with Gasteiger partial charge in [-0.3, -0.25) is 9.59 Å². The first kappa shape index (κ1) is 12.1. The minimum Gasteiger partial charge on any atom is -0.349 e. The second-order valence-electron chi connectivity index (χ2n) is 4.04. The average molecular weight is 242 g/mol. The number of carbonyl (C=O) groups is 1. The molecule has 4 heteroatoms. The summed E-state index contributed by atoms with van der Waals surface area (Å²) >= 11 is 0. The van der Waals surface area contributed by atoms with Crippen LogP contribution in [0.2, 0.25) is 0 Å². The minimum absolute atomic E-state index is 0.267. The normalized spacial score (nSPS) is 10.3. The van der Waals surface area contributed by atoms with Crippen LogP contribution in [-0.4, -0.2) is 17.4 Å². The van der Waals surface area contributed by atoms with Crippen molar-refractivity contribution in [3.63, 3.8) is 0 Å². The summed E-state index contributed by atoms with van der Waals surface area (Å²) in [7, 11) is 0. The van der Waals surface area contributed by atoms with E-state index in [2.05, 4.69) is 16.9 Å². The topological polar surface area (TPSA) is 62.0 Å². The molecule has 0 unspecified atom stereocenters. The summed E-state index contributed by atoms with van der Waals surface area (Å²) in [6.45, 7) is 5.80. The fourth-order valence-electron chi connectivity index (χ4n) is 1.87. The molecule has 0 radical (unpaired) electrons. The predicted molar refractivity (Wildman–Crippen MR) is 71.8 cm³/mol. The van der Waals surface area contributed by atoms with Crippen molar-refractivity contribution in [2.24, 2.45) is 0 Å². The van der Waals surface area contributed by atoms with Crippen LogP contribution in [-0.2, 0) is 0 Å². The molecule has 2 rings (SSSR count). The standard InChI is InChI=1S/C14H14N2O2/c1-3-7-15-14(18)11-8-12(17)16-13-9(2)5-4-6-10(11)13/h3-6,8H,1,7H2,2H3,(H,15,18)(H,16,17). The highest BCUT2D eigenvalue weighted by molar-refractivity contribution is 6.06. The number of hydrogen-bond acceptors (Lipinski definition) is 2. The molecule has 92 valence electrons. The smallest absolute Gasteiger partial charge is 0.252 e. The molecular formula is C14H14N2O2. The number of carbonyl (C=O) groups excluding carboxylic acids is 1. The van der Waals surface area contributed by atoms with E-state index >= 15 is 0 Å². The van der Waals surface area contributed by atoms with E-state index in [-0.39, 0.29) is 11.5 Å². The first-order chi connectivity index (χ1) is 8.63. The van der Waals surface area contributed by atoms with Crippen LogP contribution in [0.4, 0.5) is 0 Å². The molecule has 0 bridgehead atoms. The molecule has 1 amide bonds. The Morgan fingerprint density at radius 1 is 1.50 bits per heavy atom. The van der Waals surface area contributed by atoms with E-state index in [9.17, 15) is 9.59 Å². The third-order valence-corrected chi connectivity index (χ3v) is 2.74. The molecule has 0 spiro atoms. The molecule has 18 heavy (non-hydrogen) atoms. The zero-order valence-electron chi connectivity index (χ0n) is 10.1. The number of nitrogens with one attached hydrogen (secondary N) is 2. The van der Waals surface area contributed by atoms with Crippen molar-refractivity contribution in [1.82, 2.24) is 10.3 Å². The van der Waals surface area contributed by atoms with Gasteiger partial charge in [-0.05, 0) is 12.5 Å². The number of rotatable bonds is 3. The summed E-state index contributed by atoms with van der Waals surface area (Å²) in [5, 5.41) is 3.42. The van der Waals surface area contributed by atoms with Crippen LogP contribution in [0.15, 0.2) is 41.7 Å². The predicted octanol–water partition coefficient (Wildman–Crippen LogP) is 1.75. The van der Waals surface area contributed by atoms with Gasteiger partial charge in [0.15, 0.2) is 0 Å². The number of para-hydroxylation sites is 1. The molecule has 0 aliphatic heterocycles.